The Bertz CT molecular complexity index is 1340. The fraction of sp³-hybridized carbons (Fsp3) is 0.292. The smallest absolute Gasteiger partial charge is 0.259 e. The summed E-state index contributed by atoms with van der Waals surface area (Å²) < 4.78 is 14.7. The first-order valence-corrected chi connectivity index (χ1v) is 11.0. The zero-order valence-corrected chi connectivity index (χ0v) is 18.1. The Morgan fingerprint density at radius 2 is 1.79 bits per heavy atom. The first kappa shape index (κ1) is 19.8. The van der Waals surface area contributed by atoms with Crippen molar-refractivity contribution in [1.29, 1.82) is 0 Å². The number of carbonyl (C=O) groups excluding carboxylic acids is 1. The molecule has 166 valence electrons. The first-order valence-electron chi connectivity index (χ1n) is 11.0. The van der Waals surface area contributed by atoms with E-state index >= 15 is 0 Å². The van der Waals surface area contributed by atoms with Crippen LogP contribution in [0.2, 0.25) is 0 Å². The molecule has 4 aromatic rings. The van der Waals surface area contributed by atoms with Crippen molar-refractivity contribution in [1.82, 2.24) is 29.9 Å². The molecule has 33 heavy (non-hydrogen) atoms. The Kier molecular flexibility index (Phi) is 4.56. The molecule has 2 aliphatic rings. The van der Waals surface area contributed by atoms with Crippen molar-refractivity contribution in [2.45, 2.75) is 6.92 Å². The van der Waals surface area contributed by atoms with Gasteiger partial charge >= 0.3 is 0 Å². The minimum atomic E-state index is -0.562. The highest BCUT2D eigenvalue weighted by Crippen LogP contribution is 2.34. The summed E-state index contributed by atoms with van der Waals surface area (Å²) >= 11 is 0. The summed E-state index contributed by atoms with van der Waals surface area (Å²) in [6, 6.07) is 10.7. The fourth-order valence-corrected chi connectivity index (χ4v) is 5.01. The number of likely N-dealkylation sites (tertiary alicyclic amines) is 1. The van der Waals surface area contributed by atoms with E-state index in [1.807, 2.05) is 12.3 Å². The highest BCUT2D eigenvalue weighted by Gasteiger charge is 2.43. The zero-order chi connectivity index (χ0) is 22.5. The molecule has 0 bridgehead atoms. The maximum absolute atomic E-state index is 14.7. The molecule has 0 saturated carbocycles. The summed E-state index contributed by atoms with van der Waals surface area (Å²) in [5, 5.41) is 9.17. The van der Waals surface area contributed by atoms with Crippen molar-refractivity contribution in [2.75, 3.05) is 31.1 Å². The van der Waals surface area contributed by atoms with Gasteiger partial charge in [0.05, 0.1) is 17.9 Å². The second kappa shape index (κ2) is 7.61. The van der Waals surface area contributed by atoms with Crippen LogP contribution in [-0.4, -0.2) is 61.9 Å². The molecule has 9 heteroatoms. The molecule has 0 N–H and O–H groups in total. The Balaban J connectivity index is 1.20. The van der Waals surface area contributed by atoms with E-state index in [9.17, 15) is 9.18 Å². The first-order chi connectivity index (χ1) is 16.1. The average molecular weight is 443 g/mol. The molecule has 2 saturated heterocycles. The summed E-state index contributed by atoms with van der Waals surface area (Å²) in [6.45, 7) is 4.76. The predicted octanol–water partition coefficient (Wildman–Crippen LogP) is 2.87. The number of hydrogen-bond acceptors (Lipinski definition) is 6. The normalized spacial score (nSPS) is 19.9. The van der Waals surface area contributed by atoms with Crippen molar-refractivity contribution < 1.29 is 9.18 Å². The van der Waals surface area contributed by atoms with Crippen LogP contribution in [0.15, 0.2) is 55.0 Å². The van der Waals surface area contributed by atoms with Gasteiger partial charge in [0.15, 0.2) is 0 Å². The molecule has 8 nitrogen and oxygen atoms in total. The molecule has 6 rings (SSSR count). The lowest BCUT2D eigenvalue weighted by molar-refractivity contribution is 0.0777. The van der Waals surface area contributed by atoms with Gasteiger partial charge < -0.3 is 9.80 Å². The van der Waals surface area contributed by atoms with Crippen LogP contribution in [0.25, 0.3) is 16.6 Å². The Hall–Kier alpha value is -3.88. The van der Waals surface area contributed by atoms with Crippen LogP contribution >= 0.6 is 0 Å². The number of hydrogen-bond donors (Lipinski definition) is 0. The van der Waals surface area contributed by atoms with Crippen LogP contribution in [0.1, 0.15) is 15.9 Å². The van der Waals surface area contributed by atoms with Gasteiger partial charge in [0, 0.05) is 49.6 Å². The van der Waals surface area contributed by atoms with E-state index in [1.54, 1.807) is 17.0 Å². The molecule has 2 aromatic carbocycles. The molecule has 2 unspecified atom stereocenters. The van der Waals surface area contributed by atoms with E-state index < -0.39 is 5.82 Å². The summed E-state index contributed by atoms with van der Waals surface area (Å²) in [5.74, 6) is 0.431. The quantitative estimate of drug-likeness (QED) is 0.485. The monoisotopic (exact) mass is 443 g/mol. The van der Waals surface area contributed by atoms with Gasteiger partial charge in [-0.25, -0.2) is 14.4 Å². The number of amides is 1. The van der Waals surface area contributed by atoms with Crippen LogP contribution in [0, 0.1) is 24.6 Å². The van der Waals surface area contributed by atoms with Crippen molar-refractivity contribution in [3.05, 3.63) is 71.9 Å². The van der Waals surface area contributed by atoms with Gasteiger partial charge in [0.2, 0.25) is 5.95 Å². The second-order valence-corrected chi connectivity index (χ2v) is 8.82. The van der Waals surface area contributed by atoms with E-state index in [4.69, 9.17) is 4.98 Å². The summed E-state index contributed by atoms with van der Waals surface area (Å²) in [6.07, 6.45) is 4.88. The average Bonchev–Trinajstić information content (AvgIpc) is 3.55. The molecule has 2 fully saturated rings. The molecule has 0 aliphatic carbocycles. The Labute approximate surface area is 189 Å². The predicted molar refractivity (Wildman–Crippen MR) is 121 cm³/mol. The third-order valence-electron chi connectivity index (χ3n) is 6.62. The number of aryl methyl sites for hydroxylation is 1. The number of carbonyl (C=O) groups is 1. The number of aromatic nitrogens is 5. The molecule has 2 aliphatic heterocycles. The maximum Gasteiger partial charge on any atom is 0.259 e. The third kappa shape index (κ3) is 3.40. The van der Waals surface area contributed by atoms with Gasteiger partial charge in [0.25, 0.3) is 5.91 Å². The van der Waals surface area contributed by atoms with Crippen molar-refractivity contribution >= 4 is 22.8 Å². The summed E-state index contributed by atoms with van der Waals surface area (Å²) in [4.78, 5) is 27.9. The standard InChI is InChI=1S/C24H22FN7O/c1-15-5-6-20-16(9-15)10-26-24(29-20)31-13-17-11-30(12-18(17)14-31)23(33)22-19(25)3-2-4-21(22)32-27-7-8-28-32/h2-10,17-18H,11-14H2,1H3. The summed E-state index contributed by atoms with van der Waals surface area (Å²) in [5.41, 5.74) is 2.47. The van der Waals surface area contributed by atoms with Crippen LogP contribution in [0.4, 0.5) is 10.3 Å². The van der Waals surface area contributed by atoms with Crippen LogP contribution in [0.3, 0.4) is 0 Å². The minimum Gasteiger partial charge on any atom is -0.340 e. The molecular weight excluding hydrogens is 421 g/mol. The van der Waals surface area contributed by atoms with Crippen molar-refractivity contribution in [2.24, 2.45) is 11.8 Å². The zero-order valence-electron chi connectivity index (χ0n) is 18.1. The highest BCUT2D eigenvalue weighted by molar-refractivity contribution is 5.98. The Morgan fingerprint density at radius 1 is 1.03 bits per heavy atom. The highest BCUT2D eigenvalue weighted by atomic mass is 19.1. The summed E-state index contributed by atoms with van der Waals surface area (Å²) in [7, 11) is 0. The molecule has 0 spiro atoms. The lowest BCUT2D eigenvalue weighted by Crippen LogP contribution is -2.34. The number of rotatable bonds is 3. The van der Waals surface area contributed by atoms with Crippen LogP contribution in [0.5, 0.6) is 0 Å². The fourth-order valence-electron chi connectivity index (χ4n) is 5.01. The molecule has 2 aromatic heterocycles. The number of halogens is 1. The number of fused-ring (bicyclic) bond motifs is 2. The van der Waals surface area contributed by atoms with Crippen LogP contribution < -0.4 is 4.90 Å². The van der Waals surface area contributed by atoms with Gasteiger partial charge in [0.1, 0.15) is 17.1 Å². The molecule has 4 heterocycles. The maximum atomic E-state index is 14.7. The second-order valence-electron chi connectivity index (χ2n) is 8.82. The van der Waals surface area contributed by atoms with Gasteiger partial charge in [-0.2, -0.15) is 15.0 Å². The van der Waals surface area contributed by atoms with E-state index in [1.165, 1.54) is 28.8 Å². The van der Waals surface area contributed by atoms with Gasteiger partial charge in [-0.05, 0) is 31.2 Å². The molecular formula is C24H22FN7O. The minimum absolute atomic E-state index is 0.0127. The lowest BCUT2D eigenvalue weighted by Gasteiger charge is -2.23. The third-order valence-corrected chi connectivity index (χ3v) is 6.62. The Morgan fingerprint density at radius 3 is 2.55 bits per heavy atom. The lowest BCUT2D eigenvalue weighted by atomic mass is 10.0. The topological polar surface area (TPSA) is 80.0 Å². The van der Waals surface area contributed by atoms with Crippen molar-refractivity contribution in [3.8, 4) is 5.69 Å². The largest absolute Gasteiger partial charge is 0.340 e. The van der Waals surface area contributed by atoms with E-state index in [0.29, 0.717) is 30.6 Å². The SMILES string of the molecule is Cc1ccc2nc(N3CC4CN(C(=O)c5c(F)cccc5-n5nccn5)CC4C3)ncc2c1. The van der Waals surface area contributed by atoms with Crippen molar-refractivity contribution in [3.63, 3.8) is 0 Å². The number of anilines is 1. The van der Waals surface area contributed by atoms with E-state index in [2.05, 4.69) is 39.1 Å². The van der Waals surface area contributed by atoms with E-state index in [-0.39, 0.29) is 11.5 Å². The van der Waals surface area contributed by atoms with Gasteiger partial charge in [-0.3, -0.25) is 4.79 Å². The van der Waals surface area contributed by atoms with E-state index in [0.717, 1.165) is 29.9 Å². The molecule has 0 radical (unpaired) electrons. The van der Waals surface area contributed by atoms with Gasteiger partial charge in [-0.1, -0.05) is 17.7 Å². The molecule has 1 amide bonds. The van der Waals surface area contributed by atoms with Crippen LogP contribution in [-0.2, 0) is 0 Å². The van der Waals surface area contributed by atoms with Gasteiger partial charge in [-0.15, -0.1) is 0 Å². The number of nitrogens with zero attached hydrogens (tertiary/aromatic N) is 7. The molecule has 2 atom stereocenters. The number of benzene rings is 2.